The van der Waals surface area contributed by atoms with E-state index in [2.05, 4.69) is 4.98 Å². The second kappa shape index (κ2) is 11.2. The highest BCUT2D eigenvalue weighted by Gasteiger charge is 2.20. The lowest BCUT2D eigenvalue weighted by Gasteiger charge is -2.21. The Morgan fingerprint density at radius 1 is 1.32 bits per heavy atom. The van der Waals surface area contributed by atoms with Gasteiger partial charge in [0.15, 0.2) is 5.78 Å². The van der Waals surface area contributed by atoms with E-state index in [4.69, 9.17) is 14.2 Å². The Balaban J connectivity index is 2.85. The normalized spacial score (nSPS) is 16.0. The van der Waals surface area contributed by atoms with Crippen LogP contribution in [-0.4, -0.2) is 37.7 Å². The Bertz CT molecular complexity index is 594. The van der Waals surface area contributed by atoms with Crippen LogP contribution in [0.4, 0.5) is 0 Å². The highest BCUT2D eigenvalue weighted by molar-refractivity contribution is 7.09. The molecule has 0 aliphatic rings. The van der Waals surface area contributed by atoms with Gasteiger partial charge in [-0.15, -0.1) is 11.3 Å². The molecule has 1 aromatic heterocycles. The van der Waals surface area contributed by atoms with Crippen LogP contribution in [0.15, 0.2) is 23.3 Å². The number of carbonyl (C=O) groups is 1. The van der Waals surface area contributed by atoms with Crippen molar-refractivity contribution in [2.45, 2.75) is 46.3 Å². The Hall–Kier alpha value is -1.50. The van der Waals surface area contributed by atoms with Gasteiger partial charge in [-0.25, -0.2) is 4.98 Å². The van der Waals surface area contributed by atoms with Crippen LogP contribution < -0.4 is 0 Å². The first-order valence-corrected chi connectivity index (χ1v) is 9.41. The predicted octanol–water partition coefficient (Wildman–Crippen LogP) is 4.41. The van der Waals surface area contributed by atoms with Crippen LogP contribution in [0, 0.1) is 5.92 Å². The molecule has 25 heavy (non-hydrogen) atoms. The number of thiazole rings is 1. The van der Waals surface area contributed by atoms with Gasteiger partial charge in [0.25, 0.3) is 0 Å². The molecule has 0 aromatic carbocycles. The SMILES string of the molecule is CCOC(C)c1nc(/C=C/[C@H](OC)[C@@H](C)/C(=C\C(=O)CC)OC)cs1. The molecule has 1 heterocycles. The maximum Gasteiger partial charge on any atom is 0.158 e. The van der Waals surface area contributed by atoms with Crippen LogP contribution in [0.2, 0.25) is 0 Å². The summed E-state index contributed by atoms with van der Waals surface area (Å²) in [7, 11) is 3.22. The number of allylic oxidation sites excluding steroid dienone is 1. The third-order valence-electron chi connectivity index (χ3n) is 3.86. The molecule has 0 spiro atoms. The van der Waals surface area contributed by atoms with Crippen molar-refractivity contribution in [1.82, 2.24) is 4.98 Å². The van der Waals surface area contributed by atoms with Crippen molar-refractivity contribution in [2.75, 3.05) is 20.8 Å². The van der Waals surface area contributed by atoms with Crippen LogP contribution in [0.25, 0.3) is 6.08 Å². The Morgan fingerprint density at radius 2 is 2.04 bits per heavy atom. The zero-order valence-electron chi connectivity index (χ0n) is 15.9. The zero-order chi connectivity index (χ0) is 18.8. The molecule has 140 valence electrons. The molecule has 0 saturated heterocycles. The highest BCUT2D eigenvalue weighted by atomic mass is 32.1. The van der Waals surface area contributed by atoms with Gasteiger partial charge in [0.05, 0.1) is 18.9 Å². The maximum atomic E-state index is 11.7. The van der Waals surface area contributed by atoms with Crippen molar-refractivity contribution in [3.8, 4) is 0 Å². The van der Waals surface area contributed by atoms with Gasteiger partial charge in [0.1, 0.15) is 16.9 Å². The average molecular weight is 368 g/mol. The molecule has 5 nitrogen and oxygen atoms in total. The van der Waals surface area contributed by atoms with Gasteiger partial charge >= 0.3 is 0 Å². The summed E-state index contributed by atoms with van der Waals surface area (Å²) in [5.41, 5.74) is 0.869. The number of rotatable bonds is 11. The maximum absolute atomic E-state index is 11.7. The molecule has 0 bridgehead atoms. The first kappa shape index (κ1) is 21.5. The molecule has 0 fully saturated rings. The van der Waals surface area contributed by atoms with E-state index in [1.807, 2.05) is 45.2 Å². The second-order valence-electron chi connectivity index (χ2n) is 5.63. The van der Waals surface area contributed by atoms with Gasteiger partial charge in [-0.2, -0.15) is 0 Å². The molecule has 0 radical (unpaired) electrons. The van der Waals surface area contributed by atoms with Crippen molar-refractivity contribution in [3.63, 3.8) is 0 Å². The molecule has 6 heteroatoms. The van der Waals surface area contributed by atoms with Crippen LogP contribution in [-0.2, 0) is 19.0 Å². The summed E-state index contributed by atoms with van der Waals surface area (Å²) >= 11 is 1.58. The first-order chi connectivity index (χ1) is 12.0. The van der Waals surface area contributed by atoms with Crippen LogP contribution in [0.5, 0.6) is 0 Å². The lowest BCUT2D eigenvalue weighted by Crippen LogP contribution is -2.21. The van der Waals surface area contributed by atoms with Gasteiger partial charge in [0, 0.05) is 37.5 Å². The molecular weight excluding hydrogens is 338 g/mol. The monoisotopic (exact) mass is 367 g/mol. The minimum atomic E-state index is -0.217. The number of hydrogen-bond donors (Lipinski definition) is 0. The third-order valence-corrected chi connectivity index (χ3v) is 4.89. The average Bonchev–Trinajstić information content (AvgIpc) is 3.09. The fourth-order valence-corrected chi connectivity index (χ4v) is 3.12. The predicted molar refractivity (Wildman–Crippen MR) is 102 cm³/mol. The van der Waals surface area contributed by atoms with Gasteiger partial charge in [-0.05, 0) is 19.9 Å². The molecule has 1 aromatic rings. The molecule has 1 unspecified atom stereocenters. The summed E-state index contributed by atoms with van der Waals surface area (Å²) in [6.07, 6.45) is 5.65. The highest BCUT2D eigenvalue weighted by Crippen LogP contribution is 2.23. The van der Waals surface area contributed by atoms with Gasteiger partial charge in [-0.1, -0.05) is 19.9 Å². The van der Waals surface area contributed by atoms with Crippen molar-refractivity contribution >= 4 is 23.2 Å². The van der Waals surface area contributed by atoms with E-state index in [0.29, 0.717) is 18.8 Å². The van der Waals surface area contributed by atoms with E-state index < -0.39 is 0 Å². The molecule has 0 aliphatic heterocycles. The van der Waals surface area contributed by atoms with Crippen molar-refractivity contribution in [2.24, 2.45) is 5.92 Å². The third kappa shape index (κ3) is 6.72. The number of ether oxygens (including phenoxy) is 3. The van der Waals surface area contributed by atoms with Crippen LogP contribution >= 0.6 is 11.3 Å². The number of hydrogen-bond acceptors (Lipinski definition) is 6. The molecule has 1 rings (SSSR count). The Morgan fingerprint density at radius 3 is 2.60 bits per heavy atom. The van der Waals surface area contributed by atoms with E-state index in [9.17, 15) is 4.79 Å². The standard InChI is InChI=1S/C19H29NO4S/c1-7-16(21)11-18(23-6)13(3)17(22-5)10-9-15-12-25-19(20-15)14(4)24-8-2/h9-14,17H,7-8H2,1-6H3/b10-9+,18-11+/t13-,14?,17+/m1/s1. The molecule has 0 amide bonds. The van der Waals surface area contributed by atoms with Crippen LogP contribution in [0.3, 0.4) is 0 Å². The Labute approximate surface area is 154 Å². The largest absolute Gasteiger partial charge is 0.501 e. The van der Waals surface area contributed by atoms with Crippen molar-refractivity contribution < 1.29 is 19.0 Å². The second-order valence-corrected chi connectivity index (χ2v) is 6.52. The summed E-state index contributed by atoms with van der Waals surface area (Å²) < 4.78 is 16.5. The number of carbonyl (C=O) groups excluding carboxylic acids is 1. The Kier molecular flexibility index (Phi) is 9.63. The molecule has 3 atom stereocenters. The smallest absolute Gasteiger partial charge is 0.158 e. The molecule has 0 N–H and O–H groups in total. The fourth-order valence-electron chi connectivity index (χ4n) is 2.33. The van der Waals surface area contributed by atoms with Crippen molar-refractivity contribution in [3.05, 3.63) is 34.0 Å². The minimum absolute atomic E-state index is 0.00243. The van der Waals surface area contributed by atoms with Crippen molar-refractivity contribution in [1.29, 1.82) is 0 Å². The van der Waals surface area contributed by atoms with Gasteiger partial charge < -0.3 is 14.2 Å². The number of ketones is 1. The topological polar surface area (TPSA) is 57.7 Å². The number of aromatic nitrogens is 1. The van der Waals surface area contributed by atoms with E-state index in [1.165, 1.54) is 0 Å². The molecule has 0 aliphatic carbocycles. The molecular formula is C19H29NO4S. The zero-order valence-corrected chi connectivity index (χ0v) is 16.8. The first-order valence-electron chi connectivity index (χ1n) is 8.53. The number of methoxy groups -OCH3 is 2. The lowest BCUT2D eigenvalue weighted by molar-refractivity contribution is -0.114. The lowest BCUT2D eigenvalue weighted by atomic mass is 10.00. The number of nitrogens with zero attached hydrogens (tertiary/aromatic N) is 1. The van der Waals surface area contributed by atoms with Crippen LogP contribution in [0.1, 0.15) is 50.9 Å². The van der Waals surface area contributed by atoms with Gasteiger partial charge in [0.2, 0.25) is 0 Å². The fraction of sp³-hybridized carbons (Fsp3) is 0.579. The summed E-state index contributed by atoms with van der Waals surface area (Å²) in [6.45, 7) is 8.43. The summed E-state index contributed by atoms with van der Waals surface area (Å²) in [5.74, 6) is 0.575. The van der Waals surface area contributed by atoms with E-state index in [-0.39, 0.29) is 23.9 Å². The minimum Gasteiger partial charge on any atom is -0.501 e. The van der Waals surface area contributed by atoms with Gasteiger partial charge in [-0.3, -0.25) is 4.79 Å². The van der Waals surface area contributed by atoms with E-state index >= 15 is 0 Å². The van der Waals surface area contributed by atoms with E-state index in [1.54, 1.807) is 31.6 Å². The summed E-state index contributed by atoms with van der Waals surface area (Å²) in [5, 5.41) is 2.95. The summed E-state index contributed by atoms with van der Waals surface area (Å²) in [4.78, 5) is 16.2. The summed E-state index contributed by atoms with van der Waals surface area (Å²) in [6, 6.07) is 0. The molecule has 0 saturated carbocycles. The van der Waals surface area contributed by atoms with E-state index in [0.717, 1.165) is 10.7 Å². The quantitative estimate of drug-likeness (QED) is 0.428.